The van der Waals surface area contributed by atoms with Crippen molar-refractivity contribution in [2.45, 2.75) is 45.7 Å². The van der Waals surface area contributed by atoms with Crippen LogP contribution in [0.4, 0.5) is 0 Å². The fourth-order valence-electron chi connectivity index (χ4n) is 2.52. The number of esters is 1. The van der Waals surface area contributed by atoms with Crippen molar-refractivity contribution in [3.63, 3.8) is 0 Å². The van der Waals surface area contributed by atoms with E-state index in [1.54, 1.807) is 0 Å². The van der Waals surface area contributed by atoms with Crippen LogP contribution in [0.5, 0.6) is 0 Å². The third-order valence-electron chi connectivity index (χ3n) is 3.44. The minimum atomic E-state index is -0.330. The highest BCUT2D eigenvalue weighted by molar-refractivity contribution is 5.78. The van der Waals surface area contributed by atoms with Crippen LogP contribution < -0.4 is 5.32 Å². The van der Waals surface area contributed by atoms with Crippen LogP contribution in [0, 0.1) is 20.8 Å². The molecule has 1 atom stereocenters. The largest absolute Gasteiger partial charge is 0.468 e. The predicted octanol–water partition coefficient (Wildman–Crippen LogP) is 2.58. The summed E-state index contributed by atoms with van der Waals surface area (Å²) in [5.41, 5.74) is 4.59. The van der Waals surface area contributed by atoms with E-state index in [0.29, 0.717) is 6.04 Å². The van der Waals surface area contributed by atoms with Crippen LogP contribution in [0.25, 0.3) is 0 Å². The molecule has 0 bridgehead atoms. The monoisotopic (exact) mass is 247 g/mol. The zero-order valence-electron chi connectivity index (χ0n) is 11.5. The fourth-order valence-corrected chi connectivity index (χ4v) is 2.52. The quantitative estimate of drug-likeness (QED) is 0.831. The summed E-state index contributed by atoms with van der Waals surface area (Å²) in [6, 6.07) is 4.37. The average molecular weight is 247 g/mol. The number of ether oxygens (including phenoxy) is 1. The second kappa shape index (κ2) is 5.11. The molecule has 1 fully saturated rings. The van der Waals surface area contributed by atoms with Crippen molar-refractivity contribution in [2.75, 3.05) is 7.11 Å². The number of hydrogen-bond donors (Lipinski definition) is 1. The number of aryl methyl sites for hydroxylation is 3. The topological polar surface area (TPSA) is 38.3 Å². The summed E-state index contributed by atoms with van der Waals surface area (Å²) in [4.78, 5) is 12.0. The molecule has 1 aromatic rings. The molecular formula is C15H21NO2. The number of carbonyl (C=O) groups excluding carboxylic acids is 1. The second-order valence-corrected chi connectivity index (χ2v) is 5.21. The Hall–Kier alpha value is -1.35. The van der Waals surface area contributed by atoms with Crippen LogP contribution in [-0.2, 0) is 9.53 Å². The molecule has 3 nitrogen and oxygen atoms in total. The van der Waals surface area contributed by atoms with Gasteiger partial charge in [0.1, 0.15) is 6.04 Å². The summed E-state index contributed by atoms with van der Waals surface area (Å²) in [7, 11) is 1.45. The highest BCUT2D eigenvalue weighted by Crippen LogP contribution is 2.29. The van der Waals surface area contributed by atoms with Gasteiger partial charge in [-0.15, -0.1) is 0 Å². The zero-order chi connectivity index (χ0) is 13.3. The lowest BCUT2D eigenvalue weighted by Crippen LogP contribution is -2.32. The maximum Gasteiger partial charge on any atom is 0.327 e. The molecule has 2 rings (SSSR count). The van der Waals surface area contributed by atoms with Crippen LogP contribution in [0.2, 0.25) is 0 Å². The van der Waals surface area contributed by atoms with Crippen molar-refractivity contribution in [3.05, 3.63) is 34.4 Å². The van der Waals surface area contributed by atoms with Gasteiger partial charge in [0.05, 0.1) is 7.11 Å². The molecule has 1 unspecified atom stereocenters. The van der Waals surface area contributed by atoms with Crippen molar-refractivity contribution in [3.8, 4) is 0 Å². The van der Waals surface area contributed by atoms with Gasteiger partial charge in [-0.2, -0.15) is 0 Å². The third-order valence-corrected chi connectivity index (χ3v) is 3.44. The standard InChI is InChI=1S/C15H21NO2/c1-9-7-10(2)13(11(3)8-9)14(15(17)18-4)16-12-5-6-12/h7-8,12,14,16H,5-6H2,1-4H3. The Morgan fingerprint density at radius 3 is 2.28 bits per heavy atom. The number of methoxy groups -OCH3 is 1. The van der Waals surface area contributed by atoms with E-state index in [-0.39, 0.29) is 12.0 Å². The van der Waals surface area contributed by atoms with Crippen LogP contribution in [-0.4, -0.2) is 19.1 Å². The Kier molecular flexibility index (Phi) is 3.71. The predicted molar refractivity (Wildman–Crippen MR) is 71.6 cm³/mol. The SMILES string of the molecule is COC(=O)C(NC1CC1)c1c(C)cc(C)cc1C. The summed E-state index contributed by atoms with van der Waals surface area (Å²) in [6.07, 6.45) is 2.30. The summed E-state index contributed by atoms with van der Waals surface area (Å²) < 4.78 is 4.93. The van der Waals surface area contributed by atoms with E-state index >= 15 is 0 Å². The lowest BCUT2D eigenvalue weighted by atomic mass is 9.94. The highest BCUT2D eigenvalue weighted by Gasteiger charge is 2.31. The van der Waals surface area contributed by atoms with Gasteiger partial charge in [-0.3, -0.25) is 5.32 Å². The second-order valence-electron chi connectivity index (χ2n) is 5.21. The van der Waals surface area contributed by atoms with Gasteiger partial charge in [-0.1, -0.05) is 17.7 Å². The number of nitrogens with one attached hydrogen (secondary N) is 1. The van der Waals surface area contributed by atoms with Gasteiger partial charge in [0, 0.05) is 6.04 Å². The molecule has 1 N–H and O–H groups in total. The number of carbonyl (C=O) groups is 1. The van der Waals surface area contributed by atoms with E-state index in [9.17, 15) is 4.79 Å². The Balaban J connectivity index is 2.37. The first-order valence-electron chi connectivity index (χ1n) is 6.44. The van der Waals surface area contributed by atoms with Gasteiger partial charge in [0.2, 0.25) is 0 Å². The molecule has 98 valence electrons. The minimum absolute atomic E-state index is 0.197. The van der Waals surface area contributed by atoms with Gasteiger partial charge in [-0.05, 0) is 50.3 Å². The highest BCUT2D eigenvalue weighted by atomic mass is 16.5. The van der Waals surface area contributed by atoms with Gasteiger partial charge in [-0.25, -0.2) is 4.79 Å². The maximum absolute atomic E-state index is 12.0. The normalized spacial score (nSPS) is 16.4. The molecule has 1 aromatic carbocycles. The van der Waals surface area contributed by atoms with E-state index < -0.39 is 0 Å². The molecule has 18 heavy (non-hydrogen) atoms. The first-order valence-corrected chi connectivity index (χ1v) is 6.44. The molecule has 0 aliphatic heterocycles. The molecule has 0 spiro atoms. The molecular weight excluding hydrogens is 226 g/mol. The molecule has 1 aliphatic rings. The molecule has 0 heterocycles. The molecule has 0 saturated heterocycles. The molecule has 0 aromatic heterocycles. The van der Waals surface area contributed by atoms with E-state index in [1.165, 1.54) is 12.7 Å². The molecule has 3 heteroatoms. The Bertz CT molecular complexity index is 441. The van der Waals surface area contributed by atoms with E-state index in [4.69, 9.17) is 4.74 Å². The van der Waals surface area contributed by atoms with E-state index in [0.717, 1.165) is 29.5 Å². The van der Waals surface area contributed by atoms with Crippen molar-refractivity contribution >= 4 is 5.97 Å². The lowest BCUT2D eigenvalue weighted by Gasteiger charge is -2.21. The van der Waals surface area contributed by atoms with Gasteiger partial charge in [0.25, 0.3) is 0 Å². The first-order chi connectivity index (χ1) is 8.52. The molecule has 0 amide bonds. The van der Waals surface area contributed by atoms with Crippen LogP contribution in [0.15, 0.2) is 12.1 Å². The van der Waals surface area contributed by atoms with Gasteiger partial charge in [0.15, 0.2) is 0 Å². The Morgan fingerprint density at radius 1 is 1.28 bits per heavy atom. The van der Waals surface area contributed by atoms with E-state index in [2.05, 4.69) is 38.2 Å². The van der Waals surface area contributed by atoms with Crippen LogP contribution in [0.3, 0.4) is 0 Å². The Labute approximate surface area is 109 Å². The van der Waals surface area contributed by atoms with Gasteiger partial charge >= 0.3 is 5.97 Å². The summed E-state index contributed by atoms with van der Waals surface area (Å²) in [5.74, 6) is -0.197. The molecule has 0 radical (unpaired) electrons. The molecule has 1 aliphatic carbocycles. The third kappa shape index (κ3) is 2.72. The average Bonchev–Trinajstić information content (AvgIpc) is 3.09. The number of rotatable bonds is 4. The van der Waals surface area contributed by atoms with Gasteiger partial charge < -0.3 is 4.74 Å². The van der Waals surface area contributed by atoms with Crippen molar-refractivity contribution < 1.29 is 9.53 Å². The lowest BCUT2D eigenvalue weighted by molar-refractivity contribution is -0.143. The minimum Gasteiger partial charge on any atom is -0.468 e. The summed E-state index contributed by atoms with van der Waals surface area (Å²) in [5, 5.41) is 3.38. The van der Waals surface area contributed by atoms with Crippen molar-refractivity contribution in [1.29, 1.82) is 0 Å². The summed E-state index contributed by atoms with van der Waals surface area (Å²) in [6.45, 7) is 6.19. The first kappa shape index (κ1) is 13.1. The summed E-state index contributed by atoms with van der Waals surface area (Å²) >= 11 is 0. The molecule has 1 saturated carbocycles. The Morgan fingerprint density at radius 2 is 1.83 bits per heavy atom. The smallest absolute Gasteiger partial charge is 0.327 e. The zero-order valence-corrected chi connectivity index (χ0v) is 11.5. The van der Waals surface area contributed by atoms with Crippen LogP contribution in [0.1, 0.15) is 41.1 Å². The number of hydrogen-bond acceptors (Lipinski definition) is 3. The fraction of sp³-hybridized carbons (Fsp3) is 0.533. The number of benzene rings is 1. The van der Waals surface area contributed by atoms with Crippen LogP contribution >= 0.6 is 0 Å². The van der Waals surface area contributed by atoms with Crippen molar-refractivity contribution in [1.82, 2.24) is 5.32 Å². The maximum atomic E-state index is 12.0. The van der Waals surface area contributed by atoms with E-state index in [1.807, 2.05) is 0 Å². The van der Waals surface area contributed by atoms with Crippen molar-refractivity contribution in [2.24, 2.45) is 0 Å².